The number of hydrogen-bond acceptors (Lipinski definition) is 4. The zero-order chi connectivity index (χ0) is 20.2. The van der Waals surface area contributed by atoms with Crippen molar-refractivity contribution < 1.29 is 14.3 Å². The first-order chi connectivity index (χ1) is 14.1. The molecule has 5 nitrogen and oxygen atoms in total. The van der Waals surface area contributed by atoms with Gasteiger partial charge < -0.3 is 9.64 Å². The van der Waals surface area contributed by atoms with Crippen LogP contribution in [-0.4, -0.2) is 41.5 Å². The molecule has 1 aliphatic heterocycles. The van der Waals surface area contributed by atoms with Crippen LogP contribution in [0.15, 0.2) is 59.1 Å². The Balaban J connectivity index is 1.60. The molecule has 1 aromatic heterocycles. The van der Waals surface area contributed by atoms with Crippen molar-refractivity contribution in [3.8, 4) is 11.3 Å². The summed E-state index contributed by atoms with van der Waals surface area (Å²) in [5, 5.41) is 0.712. The molecular formula is C23H21BrN2O3. The first-order valence-corrected chi connectivity index (χ1v) is 10.5. The number of halogens is 1. The third-order valence-electron chi connectivity index (χ3n) is 5.11. The second-order valence-electron chi connectivity index (χ2n) is 7.10. The number of piperidine rings is 1. The Labute approximate surface area is 177 Å². The number of esters is 1. The number of ether oxygens (including phenoxy) is 1. The third-order valence-corrected chi connectivity index (χ3v) is 5.64. The van der Waals surface area contributed by atoms with Crippen molar-refractivity contribution in [2.24, 2.45) is 0 Å². The van der Waals surface area contributed by atoms with Crippen LogP contribution in [0.5, 0.6) is 0 Å². The predicted octanol–water partition coefficient (Wildman–Crippen LogP) is 4.83. The number of benzene rings is 2. The van der Waals surface area contributed by atoms with E-state index in [1.165, 1.54) is 0 Å². The normalized spacial score (nSPS) is 14.0. The van der Waals surface area contributed by atoms with Crippen LogP contribution in [0.3, 0.4) is 0 Å². The van der Waals surface area contributed by atoms with Gasteiger partial charge in [0.25, 0.3) is 5.91 Å². The summed E-state index contributed by atoms with van der Waals surface area (Å²) in [4.78, 5) is 31.7. The van der Waals surface area contributed by atoms with Crippen LogP contribution < -0.4 is 0 Å². The maximum atomic E-state index is 12.9. The number of hydrogen-bond donors (Lipinski definition) is 0. The molecule has 0 N–H and O–H groups in total. The van der Waals surface area contributed by atoms with Crippen LogP contribution in [0.1, 0.15) is 29.6 Å². The summed E-state index contributed by atoms with van der Waals surface area (Å²) >= 11 is 3.43. The maximum Gasteiger partial charge on any atom is 0.339 e. The molecular weight excluding hydrogens is 432 g/mol. The monoisotopic (exact) mass is 452 g/mol. The van der Waals surface area contributed by atoms with E-state index >= 15 is 0 Å². The van der Waals surface area contributed by atoms with Gasteiger partial charge in [-0.3, -0.25) is 4.79 Å². The van der Waals surface area contributed by atoms with Gasteiger partial charge in [0.15, 0.2) is 6.61 Å². The van der Waals surface area contributed by atoms with E-state index < -0.39 is 5.97 Å². The van der Waals surface area contributed by atoms with Gasteiger partial charge in [0.2, 0.25) is 0 Å². The number of nitrogens with zero attached hydrogens (tertiary/aromatic N) is 2. The highest BCUT2D eigenvalue weighted by Crippen LogP contribution is 2.26. The third kappa shape index (κ3) is 4.48. The largest absolute Gasteiger partial charge is 0.452 e. The number of carbonyl (C=O) groups excluding carboxylic acids is 2. The molecule has 0 bridgehead atoms. The number of rotatable bonds is 4. The Morgan fingerprint density at radius 2 is 1.72 bits per heavy atom. The maximum absolute atomic E-state index is 12.9. The summed E-state index contributed by atoms with van der Waals surface area (Å²) in [5.74, 6) is -0.642. The molecule has 1 amide bonds. The molecule has 1 saturated heterocycles. The Morgan fingerprint density at radius 1 is 1.00 bits per heavy atom. The summed E-state index contributed by atoms with van der Waals surface area (Å²) < 4.78 is 6.37. The van der Waals surface area contributed by atoms with E-state index in [1.54, 1.807) is 11.0 Å². The van der Waals surface area contributed by atoms with Crippen molar-refractivity contribution >= 4 is 38.7 Å². The fourth-order valence-electron chi connectivity index (χ4n) is 3.55. The van der Waals surface area contributed by atoms with Gasteiger partial charge in [-0.15, -0.1) is 0 Å². The van der Waals surface area contributed by atoms with Crippen molar-refractivity contribution in [2.75, 3.05) is 19.7 Å². The van der Waals surface area contributed by atoms with Gasteiger partial charge in [-0.2, -0.15) is 0 Å². The summed E-state index contributed by atoms with van der Waals surface area (Å²) in [7, 11) is 0. The van der Waals surface area contributed by atoms with Gasteiger partial charge in [0, 0.05) is 28.5 Å². The van der Waals surface area contributed by atoms with Crippen LogP contribution in [0.4, 0.5) is 0 Å². The Hall–Kier alpha value is -2.73. The summed E-state index contributed by atoms with van der Waals surface area (Å²) in [6, 6.07) is 16.9. The molecule has 6 heteroatoms. The smallest absolute Gasteiger partial charge is 0.339 e. The Bertz CT molecular complexity index is 1040. The van der Waals surface area contributed by atoms with E-state index in [9.17, 15) is 9.59 Å². The average Bonchev–Trinajstić information content (AvgIpc) is 2.77. The molecule has 3 aromatic rings. The zero-order valence-electron chi connectivity index (χ0n) is 15.9. The van der Waals surface area contributed by atoms with E-state index in [0.29, 0.717) is 22.2 Å². The topological polar surface area (TPSA) is 59.5 Å². The van der Waals surface area contributed by atoms with Crippen LogP contribution in [-0.2, 0) is 9.53 Å². The van der Waals surface area contributed by atoms with Crippen LogP contribution in [0, 0.1) is 0 Å². The number of pyridine rings is 1. The molecule has 1 fully saturated rings. The van der Waals surface area contributed by atoms with Crippen LogP contribution in [0.2, 0.25) is 0 Å². The number of carbonyl (C=O) groups is 2. The number of aromatic nitrogens is 1. The first kappa shape index (κ1) is 19.6. The van der Waals surface area contributed by atoms with Gasteiger partial charge in [0.1, 0.15) is 0 Å². The number of fused-ring (bicyclic) bond motifs is 1. The summed E-state index contributed by atoms with van der Waals surface area (Å²) in [5.41, 5.74) is 2.71. The fourth-order valence-corrected chi connectivity index (χ4v) is 3.82. The lowest BCUT2D eigenvalue weighted by atomic mass is 10.0. The number of amides is 1. The van der Waals surface area contributed by atoms with Crippen molar-refractivity contribution in [1.82, 2.24) is 9.88 Å². The molecule has 148 valence electrons. The van der Waals surface area contributed by atoms with Crippen molar-refractivity contribution in [3.63, 3.8) is 0 Å². The van der Waals surface area contributed by atoms with Crippen molar-refractivity contribution in [3.05, 3.63) is 64.6 Å². The second-order valence-corrected chi connectivity index (χ2v) is 8.01. The highest BCUT2D eigenvalue weighted by atomic mass is 79.9. The molecule has 29 heavy (non-hydrogen) atoms. The summed E-state index contributed by atoms with van der Waals surface area (Å²) in [6.45, 7) is 1.24. The minimum atomic E-state index is -0.507. The fraction of sp³-hybridized carbons (Fsp3) is 0.261. The van der Waals surface area contributed by atoms with Gasteiger partial charge >= 0.3 is 5.97 Å². The van der Waals surface area contributed by atoms with Gasteiger partial charge in [-0.25, -0.2) is 9.78 Å². The van der Waals surface area contributed by atoms with Gasteiger partial charge in [-0.05, 0) is 43.5 Å². The van der Waals surface area contributed by atoms with E-state index in [-0.39, 0.29) is 12.5 Å². The van der Waals surface area contributed by atoms with Gasteiger partial charge in [0.05, 0.1) is 16.8 Å². The van der Waals surface area contributed by atoms with Crippen LogP contribution in [0.25, 0.3) is 22.2 Å². The lowest BCUT2D eigenvalue weighted by Gasteiger charge is -2.26. The molecule has 0 radical (unpaired) electrons. The number of likely N-dealkylation sites (tertiary alicyclic amines) is 1. The highest BCUT2D eigenvalue weighted by molar-refractivity contribution is 9.10. The zero-order valence-corrected chi connectivity index (χ0v) is 17.5. The molecule has 0 spiro atoms. The molecule has 0 saturated carbocycles. The van der Waals surface area contributed by atoms with Gasteiger partial charge in [-0.1, -0.05) is 46.3 Å². The predicted molar refractivity (Wildman–Crippen MR) is 116 cm³/mol. The lowest BCUT2D eigenvalue weighted by molar-refractivity contribution is -0.135. The standard InChI is InChI=1S/C23H21BrN2O3/c24-17-10-8-16(9-11-17)21-14-19(18-6-2-3-7-20(18)25-21)23(28)29-15-22(27)26-12-4-1-5-13-26/h2-3,6-11,14H,1,4-5,12-13,15H2. The Kier molecular flexibility index (Phi) is 5.90. The minimum absolute atomic E-state index is 0.135. The lowest BCUT2D eigenvalue weighted by Crippen LogP contribution is -2.38. The molecule has 2 aromatic carbocycles. The molecule has 0 atom stereocenters. The highest BCUT2D eigenvalue weighted by Gasteiger charge is 2.20. The first-order valence-electron chi connectivity index (χ1n) is 9.72. The second kappa shape index (κ2) is 8.74. The Morgan fingerprint density at radius 3 is 2.48 bits per heavy atom. The van der Waals surface area contributed by atoms with E-state index in [2.05, 4.69) is 20.9 Å². The van der Waals surface area contributed by atoms with E-state index in [0.717, 1.165) is 42.4 Å². The van der Waals surface area contributed by atoms with Crippen molar-refractivity contribution in [2.45, 2.75) is 19.3 Å². The molecule has 4 rings (SSSR count). The molecule has 1 aliphatic rings. The average molecular weight is 453 g/mol. The summed E-state index contributed by atoms with van der Waals surface area (Å²) in [6.07, 6.45) is 3.15. The van der Waals surface area contributed by atoms with E-state index in [4.69, 9.17) is 4.74 Å². The minimum Gasteiger partial charge on any atom is -0.452 e. The van der Waals surface area contributed by atoms with E-state index in [1.807, 2.05) is 48.5 Å². The quantitative estimate of drug-likeness (QED) is 0.531. The number of para-hydroxylation sites is 1. The SMILES string of the molecule is O=C(OCC(=O)N1CCCCC1)c1cc(-c2ccc(Br)cc2)nc2ccccc12. The molecule has 0 aliphatic carbocycles. The van der Waals surface area contributed by atoms with Crippen LogP contribution >= 0.6 is 15.9 Å². The molecule has 0 unspecified atom stereocenters. The van der Waals surface area contributed by atoms with Crippen molar-refractivity contribution in [1.29, 1.82) is 0 Å². The molecule has 2 heterocycles.